The molecule has 0 bridgehead atoms. The first-order valence-electron chi connectivity index (χ1n) is 11.4. The summed E-state index contributed by atoms with van der Waals surface area (Å²) in [7, 11) is -3.65. The molecule has 2 heterocycles. The molecule has 9 heteroatoms. The lowest BCUT2D eigenvalue weighted by molar-refractivity contribution is -0.113. The number of thioether (sulfide) groups is 1. The lowest BCUT2D eigenvalue weighted by atomic mass is 10.1. The summed E-state index contributed by atoms with van der Waals surface area (Å²) < 4.78 is 33.1. The minimum atomic E-state index is -3.65. The first-order valence-corrected chi connectivity index (χ1v) is 13.8. The van der Waals surface area contributed by atoms with E-state index in [-0.39, 0.29) is 16.6 Å². The molecule has 0 saturated carbocycles. The van der Waals surface area contributed by atoms with Crippen molar-refractivity contribution >= 4 is 39.1 Å². The normalized spacial score (nSPS) is 17.7. The SMILES string of the molecule is Cc1ccc(SCC(=O)Nc2cc(S(=O)(=O)N3CCOCC3)ccc2N2CCCCC2)cc1. The number of ether oxygens (including phenoxy) is 1. The van der Waals surface area contributed by atoms with E-state index in [9.17, 15) is 13.2 Å². The van der Waals surface area contributed by atoms with Gasteiger partial charge in [-0.05, 0) is 56.5 Å². The molecule has 33 heavy (non-hydrogen) atoms. The van der Waals surface area contributed by atoms with Crippen molar-refractivity contribution in [2.75, 3.05) is 55.4 Å². The zero-order chi connectivity index (χ0) is 23.3. The molecule has 0 spiro atoms. The number of sulfonamides is 1. The monoisotopic (exact) mass is 489 g/mol. The van der Waals surface area contributed by atoms with Crippen LogP contribution in [0.3, 0.4) is 0 Å². The van der Waals surface area contributed by atoms with Crippen LogP contribution in [0.2, 0.25) is 0 Å². The van der Waals surface area contributed by atoms with Crippen molar-refractivity contribution in [1.29, 1.82) is 0 Å². The van der Waals surface area contributed by atoms with Gasteiger partial charge < -0.3 is 15.0 Å². The van der Waals surface area contributed by atoms with Crippen LogP contribution in [-0.4, -0.2) is 63.8 Å². The number of carbonyl (C=O) groups is 1. The third-order valence-corrected chi connectivity index (χ3v) is 8.84. The van der Waals surface area contributed by atoms with Crippen LogP contribution >= 0.6 is 11.8 Å². The second-order valence-electron chi connectivity index (χ2n) is 8.39. The molecule has 0 radical (unpaired) electrons. The van der Waals surface area contributed by atoms with Gasteiger partial charge in [-0.15, -0.1) is 11.8 Å². The van der Waals surface area contributed by atoms with Gasteiger partial charge in [0.25, 0.3) is 0 Å². The Morgan fingerprint density at radius 1 is 1.00 bits per heavy atom. The van der Waals surface area contributed by atoms with Crippen molar-refractivity contribution < 1.29 is 17.9 Å². The number of rotatable bonds is 7. The predicted molar refractivity (Wildman–Crippen MR) is 133 cm³/mol. The Morgan fingerprint density at radius 2 is 1.70 bits per heavy atom. The Kier molecular flexibility index (Phi) is 7.95. The van der Waals surface area contributed by atoms with Gasteiger partial charge in [-0.25, -0.2) is 8.42 Å². The highest BCUT2D eigenvalue weighted by Crippen LogP contribution is 2.32. The van der Waals surface area contributed by atoms with Crippen molar-refractivity contribution in [2.45, 2.75) is 36.0 Å². The van der Waals surface area contributed by atoms with Crippen LogP contribution in [0.1, 0.15) is 24.8 Å². The summed E-state index contributed by atoms with van der Waals surface area (Å²) in [5.74, 6) is 0.0999. The number of hydrogen-bond donors (Lipinski definition) is 1. The van der Waals surface area contributed by atoms with E-state index in [1.807, 2.05) is 37.3 Å². The third kappa shape index (κ3) is 6.09. The van der Waals surface area contributed by atoms with Gasteiger partial charge >= 0.3 is 0 Å². The molecular formula is C24H31N3O4S2. The largest absolute Gasteiger partial charge is 0.379 e. The topological polar surface area (TPSA) is 79.0 Å². The summed E-state index contributed by atoms with van der Waals surface area (Å²) in [4.78, 5) is 16.3. The summed E-state index contributed by atoms with van der Waals surface area (Å²) in [5.41, 5.74) is 2.61. The van der Waals surface area contributed by atoms with Crippen LogP contribution in [0, 0.1) is 6.92 Å². The number of anilines is 2. The lowest BCUT2D eigenvalue weighted by Crippen LogP contribution is -2.40. The summed E-state index contributed by atoms with van der Waals surface area (Å²) in [5, 5.41) is 3.00. The highest BCUT2D eigenvalue weighted by molar-refractivity contribution is 8.00. The number of hydrogen-bond acceptors (Lipinski definition) is 6. The molecule has 2 aliphatic heterocycles. The first kappa shape index (κ1) is 24.1. The van der Waals surface area contributed by atoms with Crippen LogP contribution in [0.15, 0.2) is 52.3 Å². The van der Waals surface area contributed by atoms with Gasteiger partial charge in [0.15, 0.2) is 0 Å². The standard InChI is InChI=1S/C24H31N3O4S2/c1-19-5-7-20(8-6-19)32-18-24(28)25-22-17-21(33(29,30)27-13-15-31-16-14-27)9-10-23(22)26-11-3-2-4-12-26/h5-10,17H,2-4,11-16,18H2,1H3,(H,25,28). The minimum absolute atomic E-state index is 0.153. The number of aryl methyl sites for hydroxylation is 1. The van der Waals surface area contributed by atoms with Gasteiger partial charge in [-0.2, -0.15) is 4.31 Å². The molecule has 7 nitrogen and oxygen atoms in total. The molecule has 1 amide bonds. The average molecular weight is 490 g/mol. The first-order chi connectivity index (χ1) is 15.9. The van der Waals surface area contributed by atoms with E-state index in [1.165, 1.54) is 28.1 Å². The van der Waals surface area contributed by atoms with Gasteiger partial charge in [0.1, 0.15) is 0 Å². The van der Waals surface area contributed by atoms with Gasteiger partial charge in [-0.3, -0.25) is 4.79 Å². The molecule has 2 fully saturated rings. The molecule has 0 aromatic heterocycles. The van der Waals surface area contributed by atoms with E-state index in [0.717, 1.165) is 36.5 Å². The maximum absolute atomic E-state index is 13.2. The molecule has 1 N–H and O–H groups in total. The fourth-order valence-corrected chi connectivity index (χ4v) is 6.23. The Labute approximate surface area is 200 Å². The fraction of sp³-hybridized carbons (Fsp3) is 0.458. The molecule has 4 rings (SSSR count). The molecule has 178 valence electrons. The highest BCUT2D eigenvalue weighted by Gasteiger charge is 2.28. The summed E-state index contributed by atoms with van der Waals surface area (Å²) in [6.07, 6.45) is 3.36. The van der Waals surface area contributed by atoms with Crippen molar-refractivity contribution in [1.82, 2.24) is 4.31 Å². The van der Waals surface area contributed by atoms with E-state index < -0.39 is 10.0 Å². The van der Waals surface area contributed by atoms with E-state index in [4.69, 9.17) is 4.74 Å². The molecule has 2 saturated heterocycles. The van der Waals surface area contributed by atoms with Crippen molar-refractivity contribution in [3.63, 3.8) is 0 Å². The maximum atomic E-state index is 13.2. The van der Waals surface area contributed by atoms with E-state index >= 15 is 0 Å². The third-order valence-electron chi connectivity index (χ3n) is 5.94. The molecule has 2 aliphatic rings. The molecule has 2 aromatic carbocycles. The Morgan fingerprint density at radius 3 is 2.39 bits per heavy atom. The number of benzene rings is 2. The van der Waals surface area contributed by atoms with Crippen LogP contribution < -0.4 is 10.2 Å². The van der Waals surface area contributed by atoms with Crippen LogP contribution in [0.5, 0.6) is 0 Å². The van der Waals surface area contributed by atoms with Crippen LogP contribution in [-0.2, 0) is 19.6 Å². The average Bonchev–Trinajstić information content (AvgIpc) is 2.85. The fourth-order valence-electron chi connectivity index (χ4n) is 4.09. The second kappa shape index (κ2) is 10.9. The van der Waals surface area contributed by atoms with Crippen LogP contribution in [0.25, 0.3) is 0 Å². The Hall–Kier alpha value is -2.07. The number of amides is 1. The van der Waals surface area contributed by atoms with Crippen LogP contribution in [0.4, 0.5) is 11.4 Å². The zero-order valence-corrected chi connectivity index (χ0v) is 20.6. The predicted octanol–water partition coefficient (Wildman–Crippen LogP) is 3.74. The summed E-state index contributed by atoms with van der Waals surface area (Å²) >= 11 is 1.46. The number of morpholine rings is 1. The highest BCUT2D eigenvalue weighted by atomic mass is 32.2. The smallest absolute Gasteiger partial charge is 0.243 e. The van der Waals surface area contributed by atoms with E-state index in [2.05, 4.69) is 10.2 Å². The Bertz CT molecular complexity index is 1060. The summed E-state index contributed by atoms with van der Waals surface area (Å²) in [6, 6.07) is 13.2. The molecule has 0 unspecified atom stereocenters. The molecule has 0 aliphatic carbocycles. The second-order valence-corrected chi connectivity index (χ2v) is 11.4. The maximum Gasteiger partial charge on any atom is 0.243 e. The van der Waals surface area contributed by atoms with Crippen molar-refractivity contribution in [2.24, 2.45) is 0 Å². The molecule has 2 aromatic rings. The Balaban J connectivity index is 1.55. The van der Waals surface area contributed by atoms with E-state index in [1.54, 1.807) is 12.1 Å². The van der Waals surface area contributed by atoms with Crippen molar-refractivity contribution in [3.05, 3.63) is 48.0 Å². The number of nitrogens with zero attached hydrogens (tertiary/aromatic N) is 2. The zero-order valence-electron chi connectivity index (χ0n) is 19.0. The summed E-state index contributed by atoms with van der Waals surface area (Å²) in [6.45, 7) is 5.29. The van der Waals surface area contributed by atoms with Crippen molar-refractivity contribution in [3.8, 4) is 0 Å². The molecule has 0 atom stereocenters. The van der Waals surface area contributed by atoms with Gasteiger partial charge in [0, 0.05) is 31.1 Å². The quantitative estimate of drug-likeness (QED) is 0.597. The molecular weight excluding hydrogens is 458 g/mol. The van der Waals surface area contributed by atoms with Gasteiger partial charge in [-0.1, -0.05) is 17.7 Å². The van der Waals surface area contributed by atoms with Gasteiger partial charge in [0.2, 0.25) is 15.9 Å². The number of carbonyl (C=O) groups excluding carboxylic acids is 1. The minimum Gasteiger partial charge on any atom is -0.379 e. The number of nitrogens with one attached hydrogen (secondary N) is 1. The van der Waals surface area contributed by atoms with Gasteiger partial charge in [0.05, 0.1) is 35.2 Å². The van der Waals surface area contributed by atoms with E-state index in [0.29, 0.717) is 32.0 Å². The number of piperidine rings is 1. The lowest BCUT2D eigenvalue weighted by Gasteiger charge is -2.31.